The van der Waals surface area contributed by atoms with Crippen LogP contribution in [0.5, 0.6) is 5.75 Å². The monoisotopic (exact) mass is 194 g/mol. The molecule has 0 fully saturated rings. The lowest BCUT2D eigenvalue weighted by atomic mass is 10.1. The van der Waals surface area contributed by atoms with Crippen molar-refractivity contribution in [3.05, 3.63) is 29.8 Å². The van der Waals surface area contributed by atoms with Crippen molar-refractivity contribution in [3.63, 3.8) is 0 Å². The number of nitrogens with two attached hydrogens (primary N) is 1. The Morgan fingerprint density at radius 2 is 2.29 bits per heavy atom. The van der Waals surface area contributed by atoms with Crippen LogP contribution in [0.15, 0.2) is 24.3 Å². The van der Waals surface area contributed by atoms with Gasteiger partial charge in [-0.3, -0.25) is 9.80 Å². The van der Waals surface area contributed by atoms with Crippen LogP contribution in [0.4, 0.5) is 0 Å². The van der Waals surface area contributed by atoms with Crippen molar-refractivity contribution in [2.45, 2.75) is 6.42 Å². The molecule has 1 aromatic carbocycles. The summed E-state index contributed by atoms with van der Waals surface area (Å²) >= 11 is 0. The molecule has 14 heavy (non-hydrogen) atoms. The lowest BCUT2D eigenvalue weighted by molar-refractivity contribution is -0.129. The van der Waals surface area contributed by atoms with Crippen LogP contribution >= 0.6 is 0 Å². The number of ether oxygens (including phenoxy) is 1. The van der Waals surface area contributed by atoms with Gasteiger partial charge in [-0.15, -0.1) is 0 Å². The SMILES string of the molecule is COc1cccc(CC(=O)N(C)N)c1. The van der Waals surface area contributed by atoms with Crippen molar-refractivity contribution in [2.75, 3.05) is 14.2 Å². The number of benzene rings is 1. The molecule has 4 heteroatoms. The van der Waals surface area contributed by atoms with E-state index in [1.807, 2.05) is 24.3 Å². The second kappa shape index (κ2) is 4.62. The number of carbonyl (C=O) groups excluding carboxylic acids is 1. The largest absolute Gasteiger partial charge is 0.497 e. The molecule has 0 aliphatic heterocycles. The molecule has 1 rings (SSSR count). The van der Waals surface area contributed by atoms with Gasteiger partial charge >= 0.3 is 0 Å². The van der Waals surface area contributed by atoms with Crippen molar-refractivity contribution in [3.8, 4) is 5.75 Å². The average Bonchev–Trinajstić information content (AvgIpc) is 2.18. The molecule has 2 N–H and O–H groups in total. The number of hydrazine groups is 1. The minimum absolute atomic E-state index is 0.127. The molecule has 0 bridgehead atoms. The number of nitrogens with zero attached hydrogens (tertiary/aromatic N) is 1. The zero-order chi connectivity index (χ0) is 10.6. The molecular formula is C10H14N2O2. The highest BCUT2D eigenvalue weighted by atomic mass is 16.5. The van der Waals surface area contributed by atoms with Crippen LogP contribution in [0.3, 0.4) is 0 Å². The number of hydrogen-bond donors (Lipinski definition) is 1. The van der Waals surface area contributed by atoms with Gasteiger partial charge < -0.3 is 4.74 Å². The van der Waals surface area contributed by atoms with E-state index in [1.54, 1.807) is 7.11 Å². The average molecular weight is 194 g/mol. The smallest absolute Gasteiger partial charge is 0.240 e. The summed E-state index contributed by atoms with van der Waals surface area (Å²) in [5, 5.41) is 1.08. The Kier molecular flexibility index (Phi) is 3.48. The predicted molar refractivity (Wildman–Crippen MR) is 53.7 cm³/mol. The summed E-state index contributed by atoms with van der Waals surface area (Å²) in [6.07, 6.45) is 0.296. The topological polar surface area (TPSA) is 55.6 Å². The number of rotatable bonds is 3. The fourth-order valence-electron chi connectivity index (χ4n) is 1.08. The van der Waals surface area contributed by atoms with Gasteiger partial charge in [0.1, 0.15) is 5.75 Å². The minimum Gasteiger partial charge on any atom is -0.497 e. The second-order valence-corrected chi connectivity index (χ2v) is 3.03. The number of methoxy groups -OCH3 is 1. The van der Waals surface area contributed by atoms with E-state index in [0.29, 0.717) is 6.42 Å². The van der Waals surface area contributed by atoms with Crippen LogP contribution in [0.1, 0.15) is 5.56 Å². The lowest BCUT2D eigenvalue weighted by Gasteiger charge is -2.10. The summed E-state index contributed by atoms with van der Waals surface area (Å²) in [5.41, 5.74) is 0.895. The summed E-state index contributed by atoms with van der Waals surface area (Å²) in [6, 6.07) is 7.36. The van der Waals surface area contributed by atoms with Gasteiger partial charge in [-0.2, -0.15) is 0 Å². The maximum atomic E-state index is 11.3. The Labute approximate surface area is 83.2 Å². The number of amides is 1. The van der Waals surface area contributed by atoms with Gasteiger partial charge in [0.2, 0.25) is 5.91 Å². The van der Waals surface area contributed by atoms with Gasteiger partial charge in [0, 0.05) is 7.05 Å². The highest BCUT2D eigenvalue weighted by Crippen LogP contribution is 2.13. The van der Waals surface area contributed by atoms with Gasteiger partial charge in [0.05, 0.1) is 13.5 Å². The molecule has 0 aromatic heterocycles. The summed E-state index contributed by atoms with van der Waals surface area (Å²) < 4.78 is 5.04. The van der Waals surface area contributed by atoms with Crippen molar-refractivity contribution < 1.29 is 9.53 Å². The molecule has 0 saturated heterocycles. The molecule has 76 valence electrons. The Balaban J connectivity index is 2.72. The Morgan fingerprint density at radius 1 is 1.57 bits per heavy atom. The fraction of sp³-hybridized carbons (Fsp3) is 0.300. The molecule has 0 spiro atoms. The zero-order valence-electron chi connectivity index (χ0n) is 8.36. The first kappa shape index (κ1) is 10.5. The zero-order valence-corrected chi connectivity index (χ0v) is 8.36. The van der Waals surface area contributed by atoms with Crippen LogP contribution in [0.2, 0.25) is 0 Å². The van der Waals surface area contributed by atoms with Crippen molar-refractivity contribution in [1.82, 2.24) is 5.01 Å². The van der Waals surface area contributed by atoms with Gasteiger partial charge in [0.25, 0.3) is 0 Å². The first-order valence-electron chi connectivity index (χ1n) is 4.27. The molecule has 4 nitrogen and oxygen atoms in total. The normalized spacial score (nSPS) is 9.64. The third kappa shape index (κ3) is 2.74. The van der Waals surface area contributed by atoms with Crippen LogP contribution in [0.25, 0.3) is 0 Å². The molecule has 0 atom stereocenters. The van der Waals surface area contributed by atoms with E-state index < -0.39 is 0 Å². The third-order valence-corrected chi connectivity index (χ3v) is 1.88. The third-order valence-electron chi connectivity index (χ3n) is 1.88. The van der Waals surface area contributed by atoms with E-state index in [4.69, 9.17) is 10.6 Å². The van der Waals surface area contributed by atoms with Gasteiger partial charge in [-0.25, -0.2) is 5.84 Å². The van der Waals surface area contributed by atoms with Gasteiger partial charge in [0.15, 0.2) is 0 Å². The molecule has 1 amide bonds. The summed E-state index contributed by atoms with van der Waals surface area (Å²) in [5.74, 6) is 5.93. The Bertz CT molecular complexity index is 324. The fourth-order valence-corrected chi connectivity index (χ4v) is 1.08. The maximum absolute atomic E-state index is 11.3. The van der Waals surface area contributed by atoms with Gasteiger partial charge in [-0.1, -0.05) is 12.1 Å². The molecule has 0 aliphatic carbocycles. The number of hydrogen-bond acceptors (Lipinski definition) is 3. The highest BCUT2D eigenvalue weighted by Gasteiger charge is 2.06. The van der Waals surface area contributed by atoms with Crippen molar-refractivity contribution >= 4 is 5.91 Å². The summed E-state index contributed by atoms with van der Waals surface area (Å²) in [4.78, 5) is 11.3. The Hall–Kier alpha value is -1.55. The molecule has 0 radical (unpaired) electrons. The minimum atomic E-state index is -0.127. The molecular weight excluding hydrogens is 180 g/mol. The molecule has 1 aromatic rings. The lowest BCUT2D eigenvalue weighted by Crippen LogP contribution is -2.34. The predicted octanol–water partition coefficient (Wildman–Crippen LogP) is 0.570. The first-order valence-corrected chi connectivity index (χ1v) is 4.27. The van der Waals surface area contributed by atoms with Crippen LogP contribution in [0, 0.1) is 0 Å². The maximum Gasteiger partial charge on any atom is 0.240 e. The van der Waals surface area contributed by atoms with E-state index in [2.05, 4.69) is 0 Å². The quantitative estimate of drug-likeness (QED) is 0.435. The number of carbonyl (C=O) groups is 1. The first-order chi connectivity index (χ1) is 6.63. The van der Waals surface area contributed by atoms with E-state index >= 15 is 0 Å². The standard InChI is InChI=1S/C10H14N2O2/c1-12(11)10(13)7-8-4-3-5-9(6-8)14-2/h3-6H,7,11H2,1-2H3. The molecule has 0 aliphatic rings. The Morgan fingerprint density at radius 3 is 2.86 bits per heavy atom. The van der Waals surface area contributed by atoms with E-state index in [-0.39, 0.29) is 5.91 Å². The van der Waals surface area contributed by atoms with Gasteiger partial charge in [-0.05, 0) is 17.7 Å². The highest BCUT2D eigenvalue weighted by molar-refractivity contribution is 5.77. The second-order valence-electron chi connectivity index (χ2n) is 3.03. The number of likely N-dealkylation sites (N-methyl/N-ethyl adjacent to an activating group) is 1. The van der Waals surface area contributed by atoms with E-state index in [0.717, 1.165) is 16.3 Å². The summed E-state index contributed by atoms with van der Waals surface area (Å²) in [7, 11) is 3.12. The molecule has 0 saturated carbocycles. The van der Waals surface area contributed by atoms with Crippen LogP contribution in [-0.2, 0) is 11.2 Å². The van der Waals surface area contributed by atoms with E-state index in [9.17, 15) is 4.79 Å². The molecule has 0 heterocycles. The van der Waals surface area contributed by atoms with Crippen molar-refractivity contribution in [2.24, 2.45) is 5.84 Å². The van der Waals surface area contributed by atoms with Crippen LogP contribution in [-0.4, -0.2) is 25.1 Å². The summed E-state index contributed by atoms with van der Waals surface area (Å²) in [6.45, 7) is 0. The van der Waals surface area contributed by atoms with Crippen LogP contribution < -0.4 is 10.6 Å². The molecule has 0 unspecified atom stereocenters. The van der Waals surface area contributed by atoms with E-state index in [1.165, 1.54) is 7.05 Å². The van der Waals surface area contributed by atoms with Crippen molar-refractivity contribution in [1.29, 1.82) is 0 Å².